The molecule has 0 fully saturated rings. The SMILES string of the molecule is N#Cc1cc2c3c(c1)Oc1cccc4c1B3c1c(cccc1N4c1ccccc1)C2. The number of rotatable bonds is 1. The molecule has 7 rings (SSSR count). The van der Waals surface area contributed by atoms with Crippen molar-refractivity contribution in [3.8, 4) is 17.6 Å². The van der Waals surface area contributed by atoms with Gasteiger partial charge in [-0.2, -0.15) is 5.26 Å². The van der Waals surface area contributed by atoms with Gasteiger partial charge < -0.3 is 9.64 Å². The van der Waals surface area contributed by atoms with E-state index in [0.29, 0.717) is 5.56 Å². The van der Waals surface area contributed by atoms with Crippen molar-refractivity contribution in [2.75, 3.05) is 4.90 Å². The smallest absolute Gasteiger partial charge is 0.257 e. The summed E-state index contributed by atoms with van der Waals surface area (Å²) in [6.45, 7) is 0.141. The highest BCUT2D eigenvalue weighted by Crippen LogP contribution is 2.42. The number of hydrogen-bond acceptors (Lipinski definition) is 3. The summed E-state index contributed by atoms with van der Waals surface area (Å²) in [6, 6.07) is 29.7. The maximum Gasteiger partial charge on any atom is 0.257 e. The zero-order valence-corrected chi connectivity index (χ0v) is 16.1. The van der Waals surface area contributed by atoms with Gasteiger partial charge in [-0.25, -0.2) is 0 Å². The lowest BCUT2D eigenvalue weighted by molar-refractivity contribution is 0.486. The van der Waals surface area contributed by atoms with Gasteiger partial charge in [0.2, 0.25) is 0 Å². The number of benzene rings is 4. The first-order valence-electron chi connectivity index (χ1n) is 10.2. The van der Waals surface area contributed by atoms with Crippen molar-refractivity contribution in [3.05, 3.63) is 95.6 Å². The summed E-state index contributed by atoms with van der Waals surface area (Å²) < 4.78 is 6.40. The van der Waals surface area contributed by atoms with Gasteiger partial charge in [-0.3, -0.25) is 0 Å². The second kappa shape index (κ2) is 5.55. The van der Waals surface area contributed by atoms with Gasteiger partial charge in [-0.15, -0.1) is 0 Å². The Morgan fingerprint density at radius 3 is 2.40 bits per heavy atom. The molecule has 0 saturated heterocycles. The lowest BCUT2D eigenvalue weighted by Crippen LogP contribution is -2.63. The Morgan fingerprint density at radius 2 is 1.57 bits per heavy atom. The molecule has 138 valence electrons. The Morgan fingerprint density at radius 1 is 0.767 bits per heavy atom. The second-order valence-corrected chi connectivity index (χ2v) is 8.08. The fourth-order valence-electron chi connectivity index (χ4n) is 5.44. The molecule has 0 saturated carbocycles. The van der Waals surface area contributed by atoms with E-state index in [1.807, 2.05) is 18.2 Å². The Balaban J connectivity index is 1.61. The summed E-state index contributed by atoms with van der Waals surface area (Å²) >= 11 is 0. The molecular formula is C26H15BN2O. The molecule has 0 aromatic heterocycles. The van der Waals surface area contributed by atoms with E-state index in [4.69, 9.17) is 4.74 Å². The molecule has 0 atom stereocenters. The first kappa shape index (κ1) is 15.9. The van der Waals surface area contributed by atoms with Crippen molar-refractivity contribution >= 4 is 40.2 Å². The number of para-hydroxylation sites is 1. The van der Waals surface area contributed by atoms with Gasteiger partial charge >= 0.3 is 0 Å². The molecular weight excluding hydrogens is 367 g/mol. The van der Waals surface area contributed by atoms with Crippen molar-refractivity contribution in [1.82, 2.24) is 0 Å². The van der Waals surface area contributed by atoms with Crippen LogP contribution in [0, 0.1) is 11.3 Å². The summed E-state index contributed by atoms with van der Waals surface area (Å²) in [5.74, 6) is 1.71. The lowest BCUT2D eigenvalue weighted by atomic mass is 9.31. The van der Waals surface area contributed by atoms with Crippen LogP contribution in [0.25, 0.3) is 0 Å². The molecule has 4 aromatic carbocycles. The molecule has 4 aromatic rings. The molecule has 30 heavy (non-hydrogen) atoms. The normalized spacial score (nSPS) is 14.0. The molecule has 4 heteroatoms. The Hall–Kier alpha value is -3.97. The maximum absolute atomic E-state index is 9.54. The molecule has 0 unspecified atom stereocenters. The highest BCUT2D eigenvalue weighted by molar-refractivity contribution is 7.00. The Bertz CT molecular complexity index is 1340. The van der Waals surface area contributed by atoms with E-state index < -0.39 is 0 Å². The Kier molecular flexibility index (Phi) is 2.94. The van der Waals surface area contributed by atoms with Gasteiger partial charge in [0.25, 0.3) is 6.71 Å². The molecule has 3 aliphatic rings. The summed E-state index contributed by atoms with van der Waals surface area (Å²) in [5, 5.41) is 9.54. The topological polar surface area (TPSA) is 36.3 Å². The zero-order valence-electron chi connectivity index (χ0n) is 16.1. The first-order valence-corrected chi connectivity index (χ1v) is 10.2. The fraction of sp³-hybridized carbons (Fsp3) is 0.0385. The summed E-state index contributed by atoms with van der Waals surface area (Å²) in [4.78, 5) is 2.36. The minimum atomic E-state index is 0.141. The standard InChI is InChI=1S/C26H15BN2O/c28-15-16-12-18-14-17-6-4-9-20-24(17)27-25(18)23(13-16)30-22-11-5-10-21(26(22)27)29(20)19-7-2-1-3-8-19/h1-13H,14H2. The van der Waals surface area contributed by atoms with E-state index >= 15 is 0 Å². The third-order valence-electron chi connectivity index (χ3n) is 6.54. The first-order chi connectivity index (χ1) is 14.8. The predicted molar refractivity (Wildman–Crippen MR) is 120 cm³/mol. The number of nitrogens with zero attached hydrogens (tertiary/aromatic N) is 2. The largest absolute Gasteiger partial charge is 0.458 e. The van der Waals surface area contributed by atoms with Crippen LogP contribution in [0.15, 0.2) is 78.9 Å². The van der Waals surface area contributed by atoms with Gasteiger partial charge in [0, 0.05) is 17.1 Å². The van der Waals surface area contributed by atoms with Gasteiger partial charge in [0.1, 0.15) is 11.5 Å². The lowest BCUT2D eigenvalue weighted by Gasteiger charge is -2.43. The average Bonchev–Trinajstić information content (AvgIpc) is 2.79. The van der Waals surface area contributed by atoms with Crippen LogP contribution in [0.4, 0.5) is 17.1 Å². The van der Waals surface area contributed by atoms with Crippen molar-refractivity contribution in [2.24, 2.45) is 0 Å². The number of hydrogen-bond donors (Lipinski definition) is 0. The third kappa shape index (κ3) is 1.90. The number of nitriles is 1. The van der Waals surface area contributed by atoms with Crippen molar-refractivity contribution in [1.29, 1.82) is 5.26 Å². The van der Waals surface area contributed by atoms with Crippen LogP contribution >= 0.6 is 0 Å². The third-order valence-corrected chi connectivity index (χ3v) is 6.54. The quantitative estimate of drug-likeness (QED) is 0.405. The molecule has 0 amide bonds. The molecule has 0 aliphatic carbocycles. The van der Waals surface area contributed by atoms with Gasteiger partial charge in [0.05, 0.1) is 11.6 Å². The monoisotopic (exact) mass is 382 g/mol. The van der Waals surface area contributed by atoms with Crippen LogP contribution < -0.4 is 26.0 Å². The molecule has 3 heterocycles. The van der Waals surface area contributed by atoms with Crippen LogP contribution in [-0.2, 0) is 6.42 Å². The minimum Gasteiger partial charge on any atom is -0.458 e. The van der Waals surface area contributed by atoms with Crippen molar-refractivity contribution in [3.63, 3.8) is 0 Å². The second-order valence-electron chi connectivity index (χ2n) is 8.08. The van der Waals surface area contributed by atoms with E-state index in [1.54, 1.807) is 0 Å². The minimum absolute atomic E-state index is 0.141. The van der Waals surface area contributed by atoms with Crippen molar-refractivity contribution in [2.45, 2.75) is 6.42 Å². The molecule has 0 N–H and O–H groups in total. The van der Waals surface area contributed by atoms with E-state index in [-0.39, 0.29) is 6.71 Å². The van der Waals surface area contributed by atoms with Gasteiger partial charge in [0.15, 0.2) is 0 Å². The van der Waals surface area contributed by atoms with Crippen LogP contribution in [0.2, 0.25) is 0 Å². The van der Waals surface area contributed by atoms with E-state index in [1.165, 1.54) is 33.2 Å². The highest BCUT2D eigenvalue weighted by Gasteiger charge is 2.45. The average molecular weight is 382 g/mol. The van der Waals surface area contributed by atoms with Crippen LogP contribution in [0.1, 0.15) is 16.7 Å². The molecule has 3 aliphatic heterocycles. The van der Waals surface area contributed by atoms with Crippen LogP contribution in [0.5, 0.6) is 11.5 Å². The van der Waals surface area contributed by atoms with Gasteiger partial charge in [-0.1, -0.05) is 36.4 Å². The molecule has 3 nitrogen and oxygen atoms in total. The summed E-state index contributed by atoms with van der Waals surface area (Å²) in [6.07, 6.45) is 0.820. The molecule has 0 radical (unpaired) electrons. The summed E-state index contributed by atoms with van der Waals surface area (Å²) in [5.41, 5.74) is 10.5. The molecule has 0 spiro atoms. The van der Waals surface area contributed by atoms with Crippen LogP contribution in [-0.4, -0.2) is 6.71 Å². The molecule has 0 bridgehead atoms. The highest BCUT2D eigenvalue weighted by atomic mass is 16.5. The van der Waals surface area contributed by atoms with E-state index in [0.717, 1.165) is 29.3 Å². The maximum atomic E-state index is 9.54. The fourth-order valence-corrected chi connectivity index (χ4v) is 5.44. The van der Waals surface area contributed by atoms with Crippen molar-refractivity contribution < 1.29 is 4.74 Å². The number of anilines is 3. The number of ether oxygens (including phenoxy) is 1. The zero-order chi connectivity index (χ0) is 19.8. The predicted octanol–water partition coefficient (Wildman–Crippen LogP) is 3.87. The van der Waals surface area contributed by atoms with Crippen LogP contribution in [0.3, 0.4) is 0 Å². The van der Waals surface area contributed by atoms with E-state index in [9.17, 15) is 5.26 Å². The van der Waals surface area contributed by atoms with E-state index in [2.05, 4.69) is 71.6 Å². The Labute approximate surface area is 174 Å². The summed E-state index contributed by atoms with van der Waals surface area (Å²) in [7, 11) is 0. The van der Waals surface area contributed by atoms with Gasteiger partial charge in [-0.05, 0) is 76.4 Å².